The van der Waals surface area contributed by atoms with E-state index in [1.54, 1.807) is 37.3 Å². The molecule has 0 atom stereocenters. The van der Waals surface area contributed by atoms with Crippen molar-refractivity contribution in [1.82, 2.24) is 4.98 Å². The average molecular weight is 346 g/mol. The van der Waals surface area contributed by atoms with Gasteiger partial charge in [0.05, 0.1) is 17.9 Å². The molecule has 0 radical (unpaired) electrons. The standard InChI is InChI=1S/C18H13F3N2O2/c1-2-25-17(24)14(10-22)9-12-3-5-13(6-4-12)16-8-7-15(11-23-16)18(19,20)21/h3-9,11H,2H2,1H3/b14-9+. The molecule has 0 aliphatic carbocycles. The number of rotatable bonds is 4. The van der Waals surface area contributed by atoms with Crippen molar-refractivity contribution in [2.75, 3.05) is 6.61 Å². The van der Waals surface area contributed by atoms with E-state index in [4.69, 9.17) is 10.00 Å². The van der Waals surface area contributed by atoms with Crippen molar-refractivity contribution in [2.45, 2.75) is 13.1 Å². The van der Waals surface area contributed by atoms with Crippen molar-refractivity contribution >= 4 is 12.0 Å². The fourth-order valence-electron chi connectivity index (χ4n) is 1.99. The predicted octanol–water partition coefficient (Wildman–Crippen LogP) is 4.24. The Kier molecular flexibility index (Phi) is 5.55. The number of pyridine rings is 1. The molecule has 0 bridgehead atoms. The molecule has 0 fully saturated rings. The first-order chi connectivity index (χ1) is 11.8. The van der Waals surface area contributed by atoms with Gasteiger partial charge in [0.2, 0.25) is 0 Å². The lowest BCUT2D eigenvalue weighted by Crippen LogP contribution is -2.06. The Bertz CT molecular complexity index is 817. The summed E-state index contributed by atoms with van der Waals surface area (Å²) < 4.78 is 42.4. The Balaban J connectivity index is 2.22. The van der Waals surface area contributed by atoms with Gasteiger partial charge in [0.1, 0.15) is 11.6 Å². The summed E-state index contributed by atoms with van der Waals surface area (Å²) in [5, 5.41) is 8.99. The van der Waals surface area contributed by atoms with Crippen molar-refractivity contribution in [1.29, 1.82) is 5.26 Å². The third-order valence-corrected chi connectivity index (χ3v) is 3.22. The van der Waals surface area contributed by atoms with Crippen LogP contribution >= 0.6 is 0 Å². The molecule has 128 valence electrons. The van der Waals surface area contributed by atoms with Crippen molar-refractivity contribution in [3.63, 3.8) is 0 Å². The van der Waals surface area contributed by atoms with Gasteiger partial charge in [-0.1, -0.05) is 24.3 Å². The molecule has 0 saturated carbocycles. The third kappa shape index (κ3) is 4.67. The van der Waals surface area contributed by atoms with Crippen LogP contribution in [0, 0.1) is 11.3 Å². The summed E-state index contributed by atoms with van der Waals surface area (Å²) in [5.41, 5.74) is 0.626. The Morgan fingerprint density at radius 2 is 1.92 bits per heavy atom. The highest BCUT2D eigenvalue weighted by Gasteiger charge is 2.30. The summed E-state index contributed by atoms with van der Waals surface area (Å²) in [7, 11) is 0. The Hall–Kier alpha value is -3.14. The smallest absolute Gasteiger partial charge is 0.417 e. The van der Waals surface area contributed by atoms with E-state index in [-0.39, 0.29) is 12.2 Å². The number of hydrogen-bond acceptors (Lipinski definition) is 4. The maximum absolute atomic E-state index is 12.5. The van der Waals surface area contributed by atoms with Crippen LogP contribution in [0.1, 0.15) is 18.1 Å². The van der Waals surface area contributed by atoms with E-state index in [1.807, 2.05) is 0 Å². The monoisotopic (exact) mass is 346 g/mol. The molecule has 0 aliphatic heterocycles. The second kappa shape index (κ2) is 7.62. The number of carbonyl (C=O) groups is 1. The van der Waals surface area contributed by atoms with Gasteiger partial charge in [0.25, 0.3) is 0 Å². The molecule has 4 nitrogen and oxygen atoms in total. The molecule has 2 aromatic rings. The van der Waals surface area contributed by atoms with Gasteiger partial charge in [0.15, 0.2) is 0 Å². The number of nitrogens with zero attached hydrogens (tertiary/aromatic N) is 2. The topological polar surface area (TPSA) is 63.0 Å². The van der Waals surface area contributed by atoms with E-state index in [0.29, 0.717) is 16.8 Å². The molecule has 0 spiro atoms. The van der Waals surface area contributed by atoms with E-state index < -0.39 is 17.7 Å². The fourth-order valence-corrected chi connectivity index (χ4v) is 1.99. The minimum atomic E-state index is -4.43. The highest BCUT2D eigenvalue weighted by Crippen LogP contribution is 2.29. The zero-order valence-electron chi connectivity index (χ0n) is 13.2. The number of esters is 1. The summed E-state index contributed by atoms with van der Waals surface area (Å²) >= 11 is 0. The maximum Gasteiger partial charge on any atom is 0.417 e. The number of nitriles is 1. The lowest BCUT2D eigenvalue weighted by Gasteiger charge is -2.07. The summed E-state index contributed by atoms with van der Waals surface area (Å²) in [5.74, 6) is -0.710. The number of aromatic nitrogens is 1. The third-order valence-electron chi connectivity index (χ3n) is 3.22. The first-order valence-electron chi connectivity index (χ1n) is 7.27. The normalized spacial score (nSPS) is 11.7. The number of alkyl halides is 3. The molecule has 0 N–H and O–H groups in total. The second-order valence-corrected chi connectivity index (χ2v) is 4.94. The first kappa shape index (κ1) is 18.2. The van der Waals surface area contributed by atoms with Gasteiger partial charge in [0, 0.05) is 11.8 Å². The van der Waals surface area contributed by atoms with E-state index in [2.05, 4.69) is 4.98 Å². The zero-order chi connectivity index (χ0) is 18.4. The van der Waals surface area contributed by atoms with Crippen LogP contribution in [0.25, 0.3) is 17.3 Å². The van der Waals surface area contributed by atoms with Crippen LogP contribution in [0.3, 0.4) is 0 Å². The van der Waals surface area contributed by atoms with Gasteiger partial charge in [-0.3, -0.25) is 4.98 Å². The quantitative estimate of drug-likeness (QED) is 0.472. The zero-order valence-corrected chi connectivity index (χ0v) is 13.2. The minimum absolute atomic E-state index is 0.137. The SMILES string of the molecule is CCOC(=O)/C(C#N)=C/c1ccc(-c2ccc(C(F)(F)F)cn2)cc1. The van der Waals surface area contributed by atoms with Crippen LogP contribution in [0.5, 0.6) is 0 Å². The number of ether oxygens (including phenoxy) is 1. The largest absolute Gasteiger partial charge is 0.462 e. The van der Waals surface area contributed by atoms with Crippen LogP contribution in [0.4, 0.5) is 13.2 Å². The molecule has 7 heteroatoms. The molecular weight excluding hydrogens is 333 g/mol. The lowest BCUT2D eigenvalue weighted by atomic mass is 10.1. The lowest BCUT2D eigenvalue weighted by molar-refractivity contribution is -0.138. The predicted molar refractivity (Wildman–Crippen MR) is 84.9 cm³/mol. The Morgan fingerprint density at radius 1 is 1.24 bits per heavy atom. The summed E-state index contributed by atoms with van der Waals surface area (Å²) in [6, 6.07) is 10.6. The summed E-state index contributed by atoms with van der Waals surface area (Å²) in [6.45, 7) is 1.80. The van der Waals surface area contributed by atoms with Gasteiger partial charge in [-0.25, -0.2) is 4.79 Å². The molecule has 2 rings (SSSR count). The fraction of sp³-hybridized carbons (Fsp3) is 0.167. The van der Waals surface area contributed by atoms with E-state index in [0.717, 1.165) is 12.3 Å². The van der Waals surface area contributed by atoms with E-state index in [9.17, 15) is 18.0 Å². The molecule has 0 aliphatic rings. The summed E-state index contributed by atoms with van der Waals surface area (Å²) in [4.78, 5) is 15.4. The number of carbonyl (C=O) groups excluding carboxylic acids is 1. The van der Waals surface area contributed by atoms with Crippen molar-refractivity contribution in [3.8, 4) is 17.3 Å². The number of benzene rings is 1. The van der Waals surface area contributed by atoms with Crippen molar-refractivity contribution < 1.29 is 22.7 Å². The van der Waals surface area contributed by atoms with Gasteiger partial charge < -0.3 is 4.74 Å². The molecule has 0 amide bonds. The van der Waals surface area contributed by atoms with Crippen LogP contribution < -0.4 is 0 Å². The van der Waals surface area contributed by atoms with Crippen molar-refractivity contribution in [2.24, 2.45) is 0 Å². The Labute approximate surface area is 142 Å². The molecule has 1 aromatic carbocycles. The van der Waals surface area contributed by atoms with Gasteiger partial charge in [-0.05, 0) is 30.7 Å². The molecule has 0 unspecified atom stereocenters. The Morgan fingerprint density at radius 3 is 2.40 bits per heavy atom. The summed E-state index contributed by atoms with van der Waals surface area (Å²) in [6.07, 6.45) is -2.28. The van der Waals surface area contributed by atoms with Crippen LogP contribution in [-0.4, -0.2) is 17.6 Å². The van der Waals surface area contributed by atoms with Crippen LogP contribution in [0.2, 0.25) is 0 Å². The molecule has 0 saturated heterocycles. The highest BCUT2D eigenvalue weighted by atomic mass is 19.4. The molecule has 1 heterocycles. The van der Waals surface area contributed by atoms with E-state index in [1.165, 1.54) is 12.1 Å². The van der Waals surface area contributed by atoms with Gasteiger partial charge in [-0.15, -0.1) is 0 Å². The molecule has 1 aromatic heterocycles. The average Bonchev–Trinajstić information content (AvgIpc) is 2.59. The van der Waals surface area contributed by atoms with Crippen molar-refractivity contribution in [3.05, 3.63) is 59.3 Å². The maximum atomic E-state index is 12.5. The number of hydrogen-bond donors (Lipinski definition) is 0. The highest BCUT2D eigenvalue weighted by molar-refractivity contribution is 5.97. The number of halogens is 3. The molecular formula is C18H13F3N2O2. The second-order valence-electron chi connectivity index (χ2n) is 4.94. The van der Waals surface area contributed by atoms with Crippen LogP contribution in [0.15, 0.2) is 48.2 Å². The van der Waals surface area contributed by atoms with Gasteiger partial charge >= 0.3 is 12.1 Å². The minimum Gasteiger partial charge on any atom is -0.462 e. The van der Waals surface area contributed by atoms with Crippen LogP contribution in [-0.2, 0) is 15.7 Å². The first-order valence-corrected chi connectivity index (χ1v) is 7.27. The molecule has 25 heavy (non-hydrogen) atoms. The van der Waals surface area contributed by atoms with E-state index >= 15 is 0 Å². The van der Waals surface area contributed by atoms with Gasteiger partial charge in [-0.2, -0.15) is 18.4 Å².